The van der Waals surface area contributed by atoms with Gasteiger partial charge in [0.15, 0.2) is 0 Å². The SMILES string of the molecule is Cc1ccc2nn(-c3cccc4ccccc34)nc2c1. The predicted molar refractivity (Wildman–Crippen MR) is 81.1 cm³/mol. The van der Waals surface area contributed by atoms with E-state index < -0.39 is 0 Å². The first-order valence-corrected chi connectivity index (χ1v) is 6.63. The molecule has 0 fully saturated rings. The van der Waals surface area contributed by atoms with E-state index in [1.165, 1.54) is 10.9 Å². The molecule has 0 aliphatic heterocycles. The van der Waals surface area contributed by atoms with Gasteiger partial charge in [-0.1, -0.05) is 42.5 Å². The molecular weight excluding hydrogens is 246 g/mol. The quantitative estimate of drug-likeness (QED) is 0.519. The number of nitrogens with zero attached hydrogens (tertiary/aromatic N) is 3. The molecule has 4 aromatic rings. The fraction of sp³-hybridized carbons (Fsp3) is 0.0588. The van der Waals surface area contributed by atoms with Gasteiger partial charge in [0.05, 0.1) is 5.69 Å². The minimum Gasteiger partial charge on any atom is -0.150 e. The number of benzene rings is 3. The summed E-state index contributed by atoms with van der Waals surface area (Å²) in [6, 6.07) is 20.6. The summed E-state index contributed by atoms with van der Waals surface area (Å²) >= 11 is 0. The van der Waals surface area contributed by atoms with Crippen molar-refractivity contribution < 1.29 is 0 Å². The maximum absolute atomic E-state index is 4.60. The van der Waals surface area contributed by atoms with Crippen LogP contribution in [0.15, 0.2) is 60.7 Å². The average molecular weight is 259 g/mol. The second-order valence-corrected chi connectivity index (χ2v) is 4.98. The lowest BCUT2D eigenvalue weighted by Gasteiger charge is -2.04. The van der Waals surface area contributed by atoms with Crippen LogP contribution in [0.5, 0.6) is 0 Å². The van der Waals surface area contributed by atoms with Gasteiger partial charge in [-0.15, -0.1) is 15.0 Å². The number of aryl methyl sites for hydroxylation is 1. The minimum atomic E-state index is 0.920. The van der Waals surface area contributed by atoms with Crippen LogP contribution in [-0.2, 0) is 0 Å². The van der Waals surface area contributed by atoms with Crippen molar-refractivity contribution in [3.8, 4) is 5.69 Å². The van der Waals surface area contributed by atoms with Crippen LogP contribution in [0.2, 0.25) is 0 Å². The smallest absolute Gasteiger partial charge is 0.113 e. The van der Waals surface area contributed by atoms with E-state index in [0.717, 1.165) is 22.1 Å². The Morgan fingerprint density at radius 3 is 2.55 bits per heavy atom. The van der Waals surface area contributed by atoms with Crippen LogP contribution in [0.3, 0.4) is 0 Å². The van der Waals surface area contributed by atoms with Crippen LogP contribution in [0.25, 0.3) is 27.5 Å². The Morgan fingerprint density at radius 1 is 0.800 bits per heavy atom. The molecule has 0 unspecified atom stereocenters. The van der Waals surface area contributed by atoms with E-state index in [0.29, 0.717) is 0 Å². The van der Waals surface area contributed by atoms with Gasteiger partial charge in [0.1, 0.15) is 11.0 Å². The van der Waals surface area contributed by atoms with Gasteiger partial charge in [0.2, 0.25) is 0 Å². The van der Waals surface area contributed by atoms with Crippen molar-refractivity contribution in [2.45, 2.75) is 6.92 Å². The number of hydrogen-bond donors (Lipinski definition) is 0. The minimum absolute atomic E-state index is 0.920. The van der Waals surface area contributed by atoms with E-state index >= 15 is 0 Å². The maximum atomic E-state index is 4.60. The van der Waals surface area contributed by atoms with Gasteiger partial charge < -0.3 is 0 Å². The van der Waals surface area contributed by atoms with Gasteiger partial charge in [0.25, 0.3) is 0 Å². The summed E-state index contributed by atoms with van der Waals surface area (Å²) in [5.41, 5.74) is 4.06. The molecule has 4 rings (SSSR count). The number of rotatable bonds is 1. The molecule has 0 spiro atoms. The first-order valence-electron chi connectivity index (χ1n) is 6.63. The molecule has 0 aliphatic rings. The fourth-order valence-corrected chi connectivity index (χ4v) is 2.52. The van der Waals surface area contributed by atoms with E-state index in [9.17, 15) is 0 Å². The molecule has 0 aliphatic carbocycles. The van der Waals surface area contributed by atoms with E-state index in [4.69, 9.17) is 0 Å². The van der Waals surface area contributed by atoms with Crippen molar-refractivity contribution in [3.05, 3.63) is 66.2 Å². The van der Waals surface area contributed by atoms with Crippen molar-refractivity contribution in [2.75, 3.05) is 0 Å². The average Bonchev–Trinajstić information content (AvgIpc) is 2.89. The lowest BCUT2D eigenvalue weighted by Crippen LogP contribution is -1.99. The lowest BCUT2D eigenvalue weighted by molar-refractivity contribution is 0.771. The molecule has 0 bridgehead atoms. The molecule has 1 aromatic heterocycles. The molecule has 3 heteroatoms. The summed E-state index contributed by atoms with van der Waals surface area (Å²) in [7, 11) is 0. The summed E-state index contributed by atoms with van der Waals surface area (Å²) < 4.78 is 0. The van der Waals surface area contributed by atoms with Gasteiger partial charge >= 0.3 is 0 Å². The van der Waals surface area contributed by atoms with Gasteiger partial charge in [0, 0.05) is 5.39 Å². The normalized spacial score (nSPS) is 11.2. The molecule has 3 nitrogen and oxygen atoms in total. The zero-order chi connectivity index (χ0) is 13.5. The fourth-order valence-electron chi connectivity index (χ4n) is 2.52. The number of hydrogen-bond acceptors (Lipinski definition) is 2. The van der Waals surface area contributed by atoms with Crippen molar-refractivity contribution in [1.82, 2.24) is 15.0 Å². The van der Waals surface area contributed by atoms with E-state index in [-0.39, 0.29) is 0 Å². The van der Waals surface area contributed by atoms with E-state index in [2.05, 4.69) is 47.5 Å². The molecule has 0 radical (unpaired) electrons. The third-order valence-corrected chi connectivity index (χ3v) is 3.52. The standard InChI is InChI=1S/C17H13N3/c1-12-9-10-15-16(11-12)19-20(18-15)17-8-4-6-13-5-2-3-7-14(13)17/h2-11H,1H3. The second-order valence-electron chi connectivity index (χ2n) is 4.98. The predicted octanol–water partition coefficient (Wildman–Crippen LogP) is 3.88. The summed E-state index contributed by atoms with van der Waals surface area (Å²) in [5, 5.41) is 11.5. The van der Waals surface area contributed by atoms with Crippen LogP contribution in [0, 0.1) is 6.92 Å². The molecule has 0 N–H and O–H groups in total. The Hall–Kier alpha value is -2.68. The largest absolute Gasteiger partial charge is 0.150 e. The summed E-state index contributed by atoms with van der Waals surface area (Å²) in [5.74, 6) is 0. The van der Waals surface area contributed by atoms with Crippen molar-refractivity contribution in [2.24, 2.45) is 0 Å². The molecule has 0 saturated carbocycles. The van der Waals surface area contributed by atoms with Crippen molar-refractivity contribution >= 4 is 21.8 Å². The second kappa shape index (κ2) is 4.17. The monoisotopic (exact) mass is 259 g/mol. The zero-order valence-corrected chi connectivity index (χ0v) is 11.1. The summed E-state index contributed by atoms with van der Waals surface area (Å²) in [4.78, 5) is 1.73. The number of aromatic nitrogens is 3. The highest BCUT2D eigenvalue weighted by Gasteiger charge is 2.07. The van der Waals surface area contributed by atoms with Crippen LogP contribution in [0.1, 0.15) is 5.56 Å². The highest BCUT2D eigenvalue weighted by molar-refractivity contribution is 5.90. The Morgan fingerprint density at radius 2 is 1.60 bits per heavy atom. The third-order valence-electron chi connectivity index (χ3n) is 3.52. The molecule has 0 saturated heterocycles. The first-order chi connectivity index (χ1) is 9.81. The lowest BCUT2D eigenvalue weighted by atomic mass is 10.1. The van der Waals surface area contributed by atoms with E-state index in [1.807, 2.05) is 30.3 Å². The molecule has 3 aromatic carbocycles. The highest BCUT2D eigenvalue weighted by atomic mass is 15.5. The molecular formula is C17H13N3. The Kier molecular flexibility index (Phi) is 2.33. The zero-order valence-electron chi connectivity index (χ0n) is 11.1. The maximum Gasteiger partial charge on any atom is 0.113 e. The Labute approximate surface area is 116 Å². The summed E-state index contributed by atoms with van der Waals surface area (Å²) in [6.07, 6.45) is 0. The van der Waals surface area contributed by atoms with Gasteiger partial charge in [-0.25, -0.2) is 0 Å². The van der Waals surface area contributed by atoms with Crippen LogP contribution in [0.4, 0.5) is 0 Å². The molecule has 1 heterocycles. The molecule has 0 amide bonds. The van der Waals surface area contributed by atoms with Crippen LogP contribution < -0.4 is 0 Å². The highest BCUT2D eigenvalue weighted by Crippen LogP contribution is 2.22. The van der Waals surface area contributed by atoms with Gasteiger partial charge in [-0.05, 0) is 36.1 Å². The third kappa shape index (κ3) is 1.67. The molecule has 96 valence electrons. The van der Waals surface area contributed by atoms with Crippen molar-refractivity contribution in [3.63, 3.8) is 0 Å². The van der Waals surface area contributed by atoms with Crippen LogP contribution >= 0.6 is 0 Å². The summed E-state index contributed by atoms with van der Waals surface area (Å²) in [6.45, 7) is 2.07. The topological polar surface area (TPSA) is 30.7 Å². The molecule has 0 atom stereocenters. The Bertz CT molecular complexity index is 916. The Balaban J connectivity index is 2.01. The first kappa shape index (κ1) is 11.2. The number of fused-ring (bicyclic) bond motifs is 2. The van der Waals surface area contributed by atoms with Crippen LogP contribution in [-0.4, -0.2) is 15.0 Å². The van der Waals surface area contributed by atoms with Gasteiger partial charge in [-0.2, -0.15) is 0 Å². The van der Waals surface area contributed by atoms with Gasteiger partial charge in [-0.3, -0.25) is 0 Å². The van der Waals surface area contributed by atoms with Crippen molar-refractivity contribution in [1.29, 1.82) is 0 Å². The van der Waals surface area contributed by atoms with E-state index in [1.54, 1.807) is 4.80 Å². The molecule has 20 heavy (non-hydrogen) atoms.